The van der Waals surface area contributed by atoms with E-state index >= 15 is 0 Å². The zero-order valence-corrected chi connectivity index (χ0v) is 14.7. The Morgan fingerprint density at radius 3 is 2.72 bits per heavy atom. The average Bonchev–Trinajstić information content (AvgIpc) is 3.30. The fourth-order valence-corrected chi connectivity index (χ4v) is 2.92. The van der Waals surface area contributed by atoms with Gasteiger partial charge in [-0.15, -0.1) is 0 Å². The maximum Gasteiger partial charge on any atom is 0.193 e. The second-order valence-electron chi connectivity index (χ2n) is 6.41. The van der Waals surface area contributed by atoms with Crippen LogP contribution in [0.1, 0.15) is 18.4 Å². The molecule has 2 aromatic heterocycles. The summed E-state index contributed by atoms with van der Waals surface area (Å²) in [6.07, 6.45) is 3.16. The Kier molecular flexibility index (Phi) is 5.40. The molecule has 0 aromatic carbocycles. The molecule has 0 amide bonds. The molecule has 8 heteroatoms. The summed E-state index contributed by atoms with van der Waals surface area (Å²) in [6.45, 7) is 6.41. The third-order valence-electron chi connectivity index (χ3n) is 4.40. The first-order valence-corrected chi connectivity index (χ1v) is 8.42. The third kappa shape index (κ3) is 4.40. The predicted molar refractivity (Wildman–Crippen MR) is 93.0 cm³/mol. The van der Waals surface area contributed by atoms with Gasteiger partial charge in [-0.05, 0) is 19.1 Å². The molecule has 2 aromatic rings. The van der Waals surface area contributed by atoms with Gasteiger partial charge >= 0.3 is 0 Å². The highest BCUT2D eigenvalue weighted by Gasteiger charge is 2.28. The Labute approximate surface area is 147 Å². The number of rotatable bonds is 5. The average molecular weight is 347 g/mol. The summed E-state index contributed by atoms with van der Waals surface area (Å²) in [4.78, 5) is 8.87. The summed E-state index contributed by atoms with van der Waals surface area (Å²) in [5, 5.41) is 17.8. The normalized spacial score (nSPS) is 19.0. The number of hydrogen-bond acceptors (Lipinski definition) is 6. The molecule has 0 saturated carbocycles. The molecule has 3 heterocycles. The molecule has 1 atom stereocenters. The number of nitrogens with zero attached hydrogens (tertiary/aromatic N) is 4. The summed E-state index contributed by atoms with van der Waals surface area (Å²) >= 11 is 0. The van der Waals surface area contributed by atoms with Crippen LogP contribution in [0.25, 0.3) is 0 Å². The lowest BCUT2D eigenvalue weighted by molar-refractivity contribution is 0.0376. The molecule has 1 fully saturated rings. The number of furan rings is 1. The van der Waals surface area contributed by atoms with Crippen molar-refractivity contribution in [3.8, 4) is 0 Å². The van der Waals surface area contributed by atoms with Crippen molar-refractivity contribution < 1.29 is 14.0 Å². The van der Waals surface area contributed by atoms with E-state index in [2.05, 4.69) is 25.3 Å². The van der Waals surface area contributed by atoms with E-state index in [1.165, 1.54) is 0 Å². The first-order valence-electron chi connectivity index (χ1n) is 8.42. The number of piperazine rings is 1. The van der Waals surface area contributed by atoms with Crippen LogP contribution in [-0.2, 0) is 12.1 Å². The number of aliphatic hydroxyl groups is 1. The Balaban J connectivity index is 1.49. The van der Waals surface area contributed by atoms with Crippen LogP contribution >= 0.6 is 0 Å². The van der Waals surface area contributed by atoms with Crippen LogP contribution in [0.4, 0.5) is 0 Å². The zero-order valence-electron chi connectivity index (χ0n) is 14.7. The van der Waals surface area contributed by atoms with Crippen molar-refractivity contribution in [2.24, 2.45) is 4.99 Å². The van der Waals surface area contributed by atoms with Gasteiger partial charge in [-0.2, -0.15) is 0 Å². The van der Waals surface area contributed by atoms with Crippen molar-refractivity contribution in [1.82, 2.24) is 20.3 Å². The SMILES string of the molecule is CN=C(NCC(C)(O)c1ccco1)N1CCN(Cc2ccon2)CC1. The van der Waals surface area contributed by atoms with Crippen molar-refractivity contribution in [1.29, 1.82) is 0 Å². The second-order valence-corrected chi connectivity index (χ2v) is 6.41. The predicted octanol–water partition coefficient (Wildman–Crippen LogP) is 0.868. The van der Waals surface area contributed by atoms with E-state index in [0.29, 0.717) is 12.3 Å². The summed E-state index contributed by atoms with van der Waals surface area (Å²) in [5.74, 6) is 1.32. The summed E-state index contributed by atoms with van der Waals surface area (Å²) < 4.78 is 10.2. The van der Waals surface area contributed by atoms with Gasteiger partial charge in [-0.1, -0.05) is 5.16 Å². The van der Waals surface area contributed by atoms with Gasteiger partial charge in [0.15, 0.2) is 5.96 Å². The highest BCUT2D eigenvalue weighted by Crippen LogP contribution is 2.20. The lowest BCUT2D eigenvalue weighted by Crippen LogP contribution is -2.53. The van der Waals surface area contributed by atoms with Gasteiger partial charge in [0.1, 0.15) is 17.6 Å². The topological polar surface area (TPSA) is 90.3 Å². The molecule has 2 N–H and O–H groups in total. The third-order valence-corrected chi connectivity index (χ3v) is 4.40. The van der Waals surface area contributed by atoms with Crippen molar-refractivity contribution in [3.05, 3.63) is 42.2 Å². The van der Waals surface area contributed by atoms with E-state index < -0.39 is 5.60 Å². The molecule has 1 aliphatic heterocycles. The zero-order chi connectivity index (χ0) is 17.7. The van der Waals surface area contributed by atoms with Gasteiger partial charge in [0.25, 0.3) is 0 Å². The van der Waals surface area contributed by atoms with Crippen LogP contribution in [0.5, 0.6) is 0 Å². The van der Waals surface area contributed by atoms with Crippen LogP contribution in [0.15, 0.2) is 44.7 Å². The van der Waals surface area contributed by atoms with E-state index in [-0.39, 0.29) is 0 Å². The Morgan fingerprint density at radius 1 is 1.32 bits per heavy atom. The van der Waals surface area contributed by atoms with Crippen LogP contribution < -0.4 is 5.32 Å². The van der Waals surface area contributed by atoms with Crippen molar-refractivity contribution in [2.45, 2.75) is 19.1 Å². The number of aliphatic imine (C=N–C) groups is 1. The molecular weight excluding hydrogens is 322 g/mol. The molecular formula is C17H25N5O3. The highest BCUT2D eigenvalue weighted by molar-refractivity contribution is 5.80. The van der Waals surface area contributed by atoms with Crippen molar-refractivity contribution in [3.63, 3.8) is 0 Å². The minimum atomic E-state index is -1.09. The first-order chi connectivity index (χ1) is 12.1. The standard InChI is InChI=1S/C17H25N5O3/c1-17(23,15-4-3-10-24-15)13-19-16(18-2)22-8-6-21(7-9-22)12-14-5-11-25-20-14/h3-5,10-11,23H,6-9,12-13H2,1-2H3,(H,18,19). The quantitative estimate of drug-likeness (QED) is 0.612. The molecule has 0 spiro atoms. The van der Waals surface area contributed by atoms with Crippen LogP contribution in [0.3, 0.4) is 0 Å². The van der Waals surface area contributed by atoms with E-state index in [4.69, 9.17) is 8.94 Å². The Morgan fingerprint density at radius 2 is 2.12 bits per heavy atom. The smallest absolute Gasteiger partial charge is 0.193 e. The summed E-state index contributed by atoms with van der Waals surface area (Å²) in [7, 11) is 1.76. The molecule has 0 bridgehead atoms. The van der Waals surface area contributed by atoms with Gasteiger partial charge in [0, 0.05) is 45.8 Å². The number of aromatic nitrogens is 1. The van der Waals surface area contributed by atoms with Crippen LogP contribution in [0.2, 0.25) is 0 Å². The van der Waals surface area contributed by atoms with Crippen LogP contribution in [-0.4, -0.2) is 65.8 Å². The fraction of sp³-hybridized carbons (Fsp3) is 0.529. The van der Waals surface area contributed by atoms with Gasteiger partial charge < -0.3 is 24.3 Å². The molecule has 3 rings (SSSR count). The molecule has 1 unspecified atom stereocenters. The number of nitrogens with one attached hydrogen (secondary N) is 1. The van der Waals surface area contributed by atoms with E-state index in [0.717, 1.165) is 44.4 Å². The lowest BCUT2D eigenvalue weighted by atomic mass is 10.0. The highest BCUT2D eigenvalue weighted by atomic mass is 16.5. The number of guanidine groups is 1. The Hall–Kier alpha value is -2.32. The molecule has 0 aliphatic carbocycles. The molecule has 8 nitrogen and oxygen atoms in total. The monoisotopic (exact) mass is 347 g/mol. The van der Waals surface area contributed by atoms with E-state index in [1.54, 1.807) is 38.6 Å². The Bertz CT molecular complexity index is 659. The lowest BCUT2D eigenvalue weighted by Gasteiger charge is -2.36. The van der Waals surface area contributed by atoms with Crippen LogP contribution in [0, 0.1) is 0 Å². The first kappa shape index (κ1) is 17.5. The molecule has 1 aliphatic rings. The van der Waals surface area contributed by atoms with E-state index in [1.807, 2.05) is 6.07 Å². The van der Waals surface area contributed by atoms with Crippen molar-refractivity contribution in [2.75, 3.05) is 39.8 Å². The van der Waals surface area contributed by atoms with Gasteiger partial charge in [-0.3, -0.25) is 9.89 Å². The molecule has 136 valence electrons. The van der Waals surface area contributed by atoms with Gasteiger partial charge in [-0.25, -0.2) is 0 Å². The molecule has 25 heavy (non-hydrogen) atoms. The second kappa shape index (κ2) is 7.71. The molecule has 0 radical (unpaired) electrons. The summed E-state index contributed by atoms with van der Waals surface area (Å²) in [6, 6.07) is 5.43. The fourth-order valence-electron chi connectivity index (χ4n) is 2.92. The summed E-state index contributed by atoms with van der Waals surface area (Å²) in [5.41, 5.74) is -0.140. The maximum absolute atomic E-state index is 10.5. The largest absolute Gasteiger partial charge is 0.466 e. The van der Waals surface area contributed by atoms with Gasteiger partial charge in [0.2, 0.25) is 0 Å². The minimum absolute atomic E-state index is 0.326. The van der Waals surface area contributed by atoms with Gasteiger partial charge in [0.05, 0.1) is 18.5 Å². The maximum atomic E-state index is 10.5. The number of hydrogen-bond donors (Lipinski definition) is 2. The molecule has 1 saturated heterocycles. The van der Waals surface area contributed by atoms with Crippen molar-refractivity contribution >= 4 is 5.96 Å². The van der Waals surface area contributed by atoms with E-state index in [9.17, 15) is 5.11 Å². The minimum Gasteiger partial charge on any atom is -0.466 e.